The first-order valence-corrected chi connectivity index (χ1v) is 85.3. The zero-order chi connectivity index (χ0) is 73.9. The van der Waals surface area contributed by atoms with Crippen LogP contribution in [0.2, 0.25) is 258 Å². The fourth-order valence-corrected chi connectivity index (χ4v) is 78.9. The predicted molar refractivity (Wildman–Crippen MR) is 475 cm³/mol. The maximum absolute atomic E-state index is 13.1. The summed E-state index contributed by atoms with van der Waals surface area (Å²) in [5.74, 6) is -0.170. The second kappa shape index (κ2) is 48.2. The van der Waals surface area contributed by atoms with E-state index in [1.165, 1.54) is 96.3 Å². The first-order chi connectivity index (χ1) is 42.0. The van der Waals surface area contributed by atoms with E-state index in [2.05, 4.69) is 237 Å². The molecule has 0 heterocycles. The van der Waals surface area contributed by atoms with Gasteiger partial charge in [0.2, 0.25) is 0 Å². The highest BCUT2D eigenvalue weighted by Crippen LogP contribution is 2.41. The number of unbranched alkanes of at least 4 members (excludes halogenated alkanes) is 15. The molecule has 0 aromatic rings. The van der Waals surface area contributed by atoms with E-state index in [9.17, 15) is 4.79 Å². The van der Waals surface area contributed by atoms with Crippen molar-refractivity contribution in [3.05, 3.63) is 0 Å². The van der Waals surface area contributed by atoms with E-state index in [4.69, 9.17) is 54.1 Å². The highest BCUT2D eigenvalue weighted by Gasteiger charge is 2.58. The zero-order valence-corrected chi connectivity index (χ0v) is 85.3. The molecule has 0 aliphatic carbocycles. The van der Waals surface area contributed by atoms with Crippen molar-refractivity contribution in [2.24, 2.45) is 0 Å². The molecular weight excluding hydrogens is 1490 g/mol. The number of carbonyl (C=O) groups is 1. The molecule has 0 amide bonds. The van der Waals surface area contributed by atoms with Crippen LogP contribution in [0.5, 0.6) is 0 Å². The molecule has 598 valence electrons. The first kappa shape index (κ1) is 111. The average molecular weight is 1670 g/mol. The van der Waals surface area contributed by atoms with Crippen LogP contribution in [0.4, 0.5) is 0 Å². The summed E-state index contributed by atoms with van der Waals surface area (Å²) in [6.45, 7) is 81.4. The zero-order valence-electron chi connectivity index (χ0n) is 69.3. The molecule has 0 rings (SSSR count). The van der Waals surface area contributed by atoms with Gasteiger partial charge in [-0.1, -0.05) is 153 Å². The maximum Gasteiger partial charge on any atom is 0.469 e. The lowest BCUT2D eigenvalue weighted by Crippen LogP contribution is -2.64. The Morgan fingerprint density at radius 2 is 0.388 bits per heavy atom. The van der Waals surface area contributed by atoms with Crippen LogP contribution in [0.1, 0.15) is 172 Å². The van der Waals surface area contributed by atoms with Gasteiger partial charge in [-0.2, -0.15) is 0 Å². The predicted octanol–water partition coefficient (Wildman–Crippen LogP) is 26.6. The third-order valence-electron chi connectivity index (χ3n) is 13.9. The number of hydrogen-bond donors (Lipinski definition) is 0. The van der Waals surface area contributed by atoms with Crippen molar-refractivity contribution in [3.8, 4) is 0 Å². The molecule has 0 aliphatic rings. The molecule has 0 saturated carbocycles. The second-order valence-corrected chi connectivity index (χ2v) is 105. The van der Waals surface area contributed by atoms with E-state index in [1.807, 2.05) is 0 Å². The summed E-state index contributed by atoms with van der Waals surface area (Å²) >= 11 is 0. The maximum atomic E-state index is 13.1. The van der Waals surface area contributed by atoms with Gasteiger partial charge in [0.05, 0.1) is 6.61 Å². The lowest BCUT2D eigenvalue weighted by molar-refractivity contribution is -0.143. The van der Waals surface area contributed by atoms with Crippen molar-refractivity contribution in [1.29, 1.82) is 0 Å². The van der Waals surface area contributed by atoms with E-state index in [1.54, 1.807) is 0 Å². The summed E-state index contributed by atoms with van der Waals surface area (Å²) in [6.07, 6.45) is 24.6. The Bertz CT molecular complexity index is 1720. The highest BCUT2D eigenvalue weighted by molar-refractivity contribution is 6.96. The van der Waals surface area contributed by atoms with Gasteiger partial charge >= 0.3 is 41.2 Å². The van der Waals surface area contributed by atoms with Crippen LogP contribution in [-0.4, -0.2) is 148 Å². The first-order valence-electron chi connectivity index (χ1n) is 37.5. The SMILES string of the molecule is C.C.C.C.CCCCC(=O)OCCC[Si](O[Si](C)(C)CC[Si](O[Si](C)(C)C)(O[Si](C)(C)C)O[Si](C)(C)C)(O[Si](C)(C)CC[Si](O[Si](C)(C)C)(O[Si](C)(C)C)O[Si](C)(C)C)O[Si](C)(C)CC[Si](O[Si](C)(C)C)(O[Si](C)(C)C)O[Si](C)(C)C.CCCCCCCCCCCCCCCCC. The van der Waals surface area contributed by atoms with Crippen molar-refractivity contribution >= 4 is 141 Å². The van der Waals surface area contributed by atoms with Crippen LogP contribution >= 0.6 is 0 Å². The van der Waals surface area contributed by atoms with Gasteiger partial charge in [0.15, 0.2) is 99.8 Å². The van der Waals surface area contributed by atoms with E-state index in [-0.39, 0.29) is 42.3 Å². The van der Waals surface area contributed by atoms with E-state index in [0.717, 1.165) is 31.0 Å². The molecule has 14 nitrogen and oxygen atoms in total. The normalized spacial score (nSPS) is 14.0. The van der Waals surface area contributed by atoms with Crippen LogP contribution in [-0.2, 0) is 58.9 Å². The summed E-state index contributed by atoms with van der Waals surface area (Å²) < 4.78 is 95.5. The van der Waals surface area contributed by atoms with Crippen LogP contribution in [0.3, 0.4) is 0 Å². The molecule has 0 radical (unpaired) electrons. The topological polar surface area (TPSA) is 137 Å². The summed E-state index contributed by atoms with van der Waals surface area (Å²) in [5, 5.41) is 0. The van der Waals surface area contributed by atoms with Crippen molar-refractivity contribution in [2.75, 3.05) is 6.61 Å². The molecule has 0 unspecified atom stereocenters. The molecule has 98 heavy (non-hydrogen) atoms. The van der Waals surface area contributed by atoms with Gasteiger partial charge in [0.25, 0.3) is 0 Å². The quantitative estimate of drug-likeness (QED) is 0.0324. The Balaban J connectivity index is -0.000000878. The molecule has 0 aromatic heterocycles. The van der Waals surface area contributed by atoms with Crippen LogP contribution < -0.4 is 0 Å². The minimum atomic E-state index is -3.76. The minimum Gasteiger partial charge on any atom is -0.466 e. The highest BCUT2D eigenvalue weighted by atomic mass is 28.5. The largest absolute Gasteiger partial charge is 0.469 e. The molecular formula is C68H178O14Si16. The molecule has 0 atom stereocenters. The van der Waals surface area contributed by atoms with Gasteiger partial charge in [-0.3, -0.25) is 4.79 Å². The van der Waals surface area contributed by atoms with Gasteiger partial charge in [0.1, 0.15) is 0 Å². The summed E-state index contributed by atoms with van der Waals surface area (Å²) in [7, 11) is -41.3. The van der Waals surface area contributed by atoms with Crippen molar-refractivity contribution in [2.45, 2.75) is 431 Å². The second-order valence-electron chi connectivity index (χ2n) is 37.8. The molecule has 0 bridgehead atoms. The summed E-state index contributed by atoms with van der Waals surface area (Å²) in [6, 6.07) is 4.66. The van der Waals surface area contributed by atoms with Gasteiger partial charge in [-0.05, 0) is 247 Å². The number of hydrogen-bond acceptors (Lipinski definition) is 14. The Labute approximate surface area is 632 Å². The Hall–Kier alpha value is 2.46. The molecule has 0 aromatic carbocycles. The minimum absolute atomic E-state index is 0. The van der Waals surface area contributed by atoms with Gasteiger partial charge in [-0.15, -0.1) is 0 Å². The fraction of sp³-hybridized carbons (Fsp3) is 0.985. The third kappa shape index (κ3) is 63.4. The van der Waals surface area contributed by atoms with E-state index < -0.39 is 135 Å². The number of rotatable bonds is 54. The standard InChI is InChI=1S/C47H126O14Si16.C17H36.4CH4/c1-35-36-38-47(48)49-39-37-40-74(59-71(29,30)41-44-75(50-62(2,3)4,51-63(5,6)7)52-64(8,9)10,60-72(31,32)42-45-76(53-65(11,12)13,54-66(14,15)16)55-67(17,18)19)61-73(33,34)43-46-77(56-68(20,21)22,57-69(23,24)25)58-70(26,27)28;1-3-5-7-9-11-13-15-17-16-14-12-10-8-6-4-2;;;;/h35-46H2,1-34H3;3-17H2,1-2H3;4*1H4. The summed E-state index contributed by atoms with van der Waals surface area (Å²) in [4.78, 5) is 13.1. The smallest absolute Gasteiger partial charge is 0.466 e. The molecule has 0 N–H and O–H groups in total. The Kier molecular flexibility index (Phi) is 54.8. The number of ether oxygens (including phenoxy) is 1. The lowest BCUT2D eigenvalue weighted by Gasteiger charge is -2.48. The average Bonchev–Trinajstić information content (AvgIpc) is 0.792. The molecule has 0 aliphatic heterocycles. The van der Waals surface area contributed by atoms with Crippen molar-refractivity contribution < 1.29 is 58.9 Å². The number of esters is 1. The third-order valence-corrected chi connectivity index (χ3v) is 66.9. The van der Waals surface area contributed by atoms with Crippen molar-refractivity contribution in [3.63, 3.8) is 0 Å². The monoisotopic (exact) mass is 1670 g/mol. The molecule has 0 fully saturated rings. The van der Waals surface area contributed by atoms with E-state index >= 15 is 0 Å². The van der Waals surface area contributed by atoms with Crippen LogP contribution in [0, 0.1) is 0 Å². The Morgan fingerprint density at radius 3 is 0.561 bits per heavy atom. The molecule has 0 spiro atoms. The van der Waals surface area contributed by atoms with Crippen LogP contribution in [0.25, 0.3) is 0 Å². The van der Waals surface area contributed by atoms with Gasteiger partial charge in [0, 0.05) is 30.6 Å². The Morgan fingerprint density at radius 1 is 0.214 bits per heavy atom. The number of carbonyl (C=O) groups excluding carboxylic acids is 1. The van der Waals surface area contributed by atoms with E-state index in [0.29, 0.717) is 37.0 Å². The molecule has 30 heteroatoms. The lowest BCUT2D eigenvalue weighted by atomic mass is 10.0. The van der Waals surface area contributed by atoms with Gasteiger partial charge < -0.3 is 54.1 Å². The van der Waals surface area contributed by atoms with Crippen LogP contribution in [0.15, 0.2) is 0 Å². The molecule has 0 saturated heterocycles. The fourth-order valence-electron chi connectivity index (χ4n) is 11.2. The summed E-state index contributed by atoms with van der Waals surface area (Å²) in [5.41, 5.74) is 0. The van der Waals surface area contributed by atoms with Gasteiger partial charge in [-0.25, -0.2) is 0 Å². The van der Waals surface area contributed by atoms with Crippen molar-refractivity contribution in [1.82, 2.24) is 0 Å².